The number of methoxy groups -OCH3 is 1. The molecule has 1 aliphatic heterocycles. The second kappa shape index (κ2) is 7.75. The summed E-state index contributed by atoms with van der Waals surface area (Å²) in [5, 5.41) is 8.31. The fraction of sp³-hybridized carbons (Fsp3) is 0.208. The van der Waals surface area contributed by atoms with Crippen molar-refractivity contribution in [1.29, 1.82) is 0 Å². The maximum atomic E-state index is 12.9. The van der Waals surface area contributed by atoms with Crippen LogP contribution in [0.1, 0.15) is 23.2 Å². The highest BCUT2D eigenvalue weighted by Crippen LogP contribution is 2.35. The summed E-state index contributed by atoms with van der Waals surface area (Å²) >= 11 is 0. The zero-order valence-electron chi connectivity index (χ0n) is 17.3. The zero-order chi connectivity index (χ0) is 21.4. The number of hydrogen-bond donors (Lipinski definition) is 2. The summed E-state index contributed by atoms with van der Waals surface area (Å²) in [7, 11) is 1.65. The Morgan fingerprint density at radius 2 is 1.90 bits per heavy atom. The first kappa shape index (κ1) is 19.1. The molecule has 0 spiro atoms. The van der Waals surface area contributed by atoms with Crippen LogP contribution in [0.4, 0.5) is 5.69 Å². The fourth-order valence-electron chi connectivity index (χ4n) is 4.13. The number of nitrogen functional groups attached to an aromatic ring is 1. The van der Waals surface area contributed by atoms with Gasteiger partial charge < -0.3 is 15.4 Å². The van der Waals surface area contributed by atoms with Crippen molar-refractivity contribution in [2.75, 3.05) is 25.9 Å². The molecule has 2 aromatic heterocycles. The zero-order valence-corrected chi connectivity index (χ0v) is 17.3. The summed E-state index contributed by atoms with van der Waals surface area (Å²) in [5.74, 6) is 0.744. The quantitative estimate of drug-likeness (QED) is 0.491. The van der Waals surface area contributed by atoms with E-state index in [1.54, 1.807) is 19.4 Å². The number of carbonyl (C=O) groups is 1. The number of hydrogen-bond acceptors (Lipinski definition) is 5. The van der Waals surface area contributed by atoms with Crippen molar-refractivity contribution in [3.05, 3.63) is 60.3 Å². The van der Waals surface area contributed by atoms with Gasteiger partial charge in [-0.1, -0.05) is 18.2 Å². The highest BCUT2D eigenvalue weighted by atomic mass is 16.5. The minimum Gasteiger partial charge on any atom is -0.496 e. The number of anilines is 1. The largest absolute Gasteiger partial charge is 0.496 e. The van der Waals surface area contributed by atoms with E-state index in [1.807, 2.05) is 47.4 Å². The molecule has 0 atom stereocenters. The number of para-hydroxylation sites is 1. The Morgan fingerprint density at radius 1 is 1.10 bits per heavy atom. The van der Waals surface area contributed by atoms with Gasteiger partial charge in [0.2, 0.25) is 0 Å². The molecule has 4 aromatic rings. The molecule has 1 saturated heterocycles. The molecule has 7 heteroatoms. The van der Waals surface area contributed by atoms with E-state index in [9.17, 15) is 4.79 Å². The van der Waals surface area contributed by atoms with Crippen molar-refractivity contribution in [3.8, 4) is 28.1 Å². The van der Waals surface area contributed by atoms with E-state index in [1.165, 1.54) is 0 Å². The Labute approximate surface area is 179 Å². The molecule has 31 heavy (non-hydrogen) atoms. The topological polar surface area (TPSA) is 97.1 Å². The van der Waals surface area contributed by atoms with Crippen LogP contribution in [0.2, 0.25) is 0 Å². The number of nitrogens with one attached hydrogen (secondary N) is 1. The number of fused-ring (bicyclic) bond motifs is 1. The maximum absolute atomic E-state index is 12.9. The predicted molar refractivity (Wildman–Crippen MR) is 121 cm³/mol. The van der Waals surface area contributed by atoms with Gasteiger partial charge in [-0.2, -0.15) is 5.10 Å². The third-order valence-electron chi connectivity index (χ3n) is 5.80. The molecule has 7 nitrogen and oxygen atoms in total. The summed E-state index contributed by atoms with van der Waals surface area (Å²) in [5.41, 5.74) is 11.3. The molecule has 0 saturated carbocycles. The monoisotopic (exact) mass is 413 g/mol. The first-order valence-electron chi connectivity index (χ1n) is 10.3. The number of aromatic nitrogens is 3. The highest BCUT2D eigenvalue weighted by molar-refractivity contribution is 6.01. The summed E-state index contributed by atoms with van der Waals surface area (Å²) in [6.07, 6.45) is 3.85. The molecule has 0 aliphatic carbocycles. The Hall–Kier alpha value is -3.87. The minimum atomic E-state index is -0.0103. The van der Waals surface area contributed by atoms with Crippen molar-refractivity contribution in [2.24, 2.45) is 0 Å². The second-order valence-electron chi connectivity index (χ2n) is 7.70. The second-order valence-corrected chi connectivity index (χ2v) is 7.70. The molecule has 1 fully saturated rings. The van der Waals surface area contributed by atoms with Gasteiger partial charge in [0.1, 0.15) is 5.75 Å². The lowest BCUT2D eigenvalue weighted by Gasteiger charge is -2.17. The number of nitrogens with zero attached hydrogens (tertiary/aromatic N) is 3. The number of rotatable bonds is 4. The Kier molecular flexibility index (Phi) is 4.78. The van der Waals surface area contributed by atoms with Gasteiger partial charge in [-0.25, -0.2) is 4.98 Å². The lowest BCUT2D eigenvalue weighted by Crippen LogP contribution is -2.28. The molecule has 5 rings (SSSR count). The maximum Gasteiger partial charge on any atom is 0.255 e. The average Bonchev–Trinajstić information content (AvgIpc) is 3.49. The van der Waals surface area contributed by atoms with Gasteiger partial charge in [0.05, 0.1) is 18.4 Å². The molecule has 3 heterocycles. The van der Waals surface area contributed by atoms with E-state index in [4.69, 9.17) is 10.5 Å². The number of amides is 1. The van der Waals surface area contributed by atoms with Crippen LogP contribution in [-0.2, 0) is 0 Å². The molecule has 0 bridgehead atoms. The smallest absolute Gasteiger partial charge is 0.255 e. The van der Waals surface area contributed by atoms with Crippen LogP contribution in [0.15, 0.2) is 54.7 Å². The van der Waals surface area contributed by atoms with Crippen molar-refractivity contribution < 1.29 is 9.53 Å². The number of pyridine rings is 1. The number of H-pyrrole nitrogens is 1. The summed E-state index contributed by atoms with van der Waals surface area (Å²) in [4.78, 5) is 19.3. The predicted octanol–water partition coefficient (Wildman–Crippen LogP) is 4.12. The van der Waals surface area contributed by atoms with Gasteiger partial charge in [-0.15, -0.1) is 0 Å². The molecule has 0 radical (unpaired) electrons. The first-order chi connectivity index (χ1) is 15.2. The van der Waals surface area contributed by atoms with Crippen LogP contribution in [0, 0.1) is 0 Å². The van der Waals surface area contributed by atoms with E-state index in [0.29, 0.717) is 16.9 Å². The molecule has 1 aliphatic rings. The molecule has 1 amide bonds. The summed E-state index contributed by atoms with van der Waals surface area (Å²) in [6.45, 7) is 1.57. The summed E-state index contributed by atoms with van der Waals surface area (Å²) in [6, 6.07) is 15.4. The Balaban J connectivity index is 1.58. The average molecular weight is 413 g/mol. The Bertz CT molecular complexity index is 1270. The van der Waals surface area contributed by atoms with Crippen LogP contribution in [0.3, 0.4) is 0 Å². The van der Waals surface area contributed by atoms with Gasteiger partial charge in [-0.3, -0.25) is 9.89 Å². The van der Waals surface area contributed by atoms with Crippen LogP contribution in [0.25, 0.3) is 33.4 Å². The minimum absolute atomic E-state index is 0.0103. The fourth-order valence-corrected chi connectivity index (χ4v) is 4.13. The van der Waals surface area contributed by atoms with Crippen molar-refractivity contribution in [2.45, 2.75) is 12.8 Å². The first-order valence-corrected chi connectivity index (χ1v) is 10.3. The van der Waals surface area contributed by atoms with Gasteiger partial charge >= 0.3 is 0 Å². The van der Waals surface area contributed by atoms with Gasteiger partial charge in [0.15, 0.2) is 5.65 Å². The van der Waals surface area contributed by atoms with Crippen molar-refractivity contribution >= 4 is 22.6 Å². The van der Waals surface area contributed by atoms with E-state index in [-0.39, 0.29) is 5.91 Å². The van der Waals surface area contributed by atoms with E-state index in [2.05, 4.69) is 15.2 Å². The van der Waals surface area contributed by atoms with Crippen molar-refractivity contribution in [3.63, 3.8) is 0 Å². The van der Waals surface area contributed by atoms with Crippen molar-refractivity contribution in [1.82, 2.24) is 20.1 Å². The lowest BCUT2D eigenvalue weighted by atomic mass is 10.0. The molecule has 0 unspecified atom stereocenters. The number of nitrogens with two attached hydrogens (primary N) is 1. The van der Waals surface area contributed by atoms with E-state index >= 15 is 0 Å². The van der Waals surface area contributed by atoms with Gasteiger partial charge in [-0.05, 0) is 48.7 Å². The highest BCUT2D eigenvalue weighted by Gasteiger charge is 2.22. The SMILES string of the molecule is COc1ccccc1-c1[nH]nc2ncc(-c3ccc(N)c(C(=O)N4CCCC4)c3)cc12. The molecule has 3 N–H and O–H groups in total. The van der Waals surface area contributed by atoms with Gasteiger partial charge in [0.25, 0.3) is 5.91 Å². The van der Waals surface area contributed by atoms with Crippen LogP contribution < -0.4 is 10.5 Å². The molecule has 2 aromatic carbocycles. The molecule has 156 valence electrons. The molecular weight excluding hydrogens is 390 g/mol. The third-order valence-corrected chi connectivity index (χ3v) is 5.80. The summed E-state index contributed by atoms with van der Waals surface area (Å²) < 4.78 is 5.51. The van der Waals surface area contributed by atoms with Crippen LogP contribution in [0.5, 0.6) is 5.75 Å². The lowest BCUT2D eigenvalue weighted by molar-refractivity contribution is 0.0794. The van der Waals surface area contributed by atoms with E-state index in [0.717, 1.165) is 59.5 Å². The standard InChI is InChI=1S/C24H23N5O2/c1-31-21-7-3-2-6-17(21)22-19-13-16(14-26-23(19)28-27-22)15-8-9-20(25)18(12-15)24(30)29-10-4-5-11-29/h2-3,6-9,12-14H,4-5,10-11,25H2,1H3,(H,26,27,28). The Morgan fingerprint density at radius 3 is 2.71 bits per heavy atom. The van der Waals surface area contributed by atoms with Crippen LogP contribution in [-0.4, -0.2) is 46.2 Å². The third kappa shape index (κ3) is 3.38. The van der Waals surface area contributed by atoms with Crippen LogP contribution >= 0.6 is 0 Å². The number of aromatic amines is 1. The number of ether oxygens (including phenoxy) is 1. The van der Waals surface area contributed by atoms with Gasteiger partial charge in [0, 0.05) is 41.5 Å². The van der Waals surface area contributed by atoms with E-state index < -0.39 is 0 Å². The number of likely N-dealkylation sites (tertiary alicyclic amines) is 1. The number of benzene rings is 2. The normalized spacial score (nSPS) is 13.6. The molecular formula is C24H23N5O2. The number of carbonyl (C=O) groups excluding carboxylic acids is 1.